The second-order valence-corrected chi connectivity index (χ2v) is 9.45. The number of aromatic nitrogens is 1. The van der Waals surface area contributed by atoms with E-state index in [9.17, 15) is 14.0 Å². The van der Waals surface area contributed by atoms with Crippen LogP contribution in [0.25, 0.3) is 0 Å². The summed E-state index contributed by atoms with van der Waals surface area (Å²) < 4.78 is 21.9. The van der Waals surface area contributed by atoms with Crippen molar-refractivity contribution < 1.29 is 23.5 Å². The van der Waals surface area contributed by atoms with Crippen LogP contribution >= 0.6 is 22.9 Å². The average molecular weight is 549 g/mol. The Bertz CT molecular complexity index is 1120. The second-order valence-electron chi connectivity index (χ2n) is 8.12. The molecule has 0 bridgehead atoms. The molecule has 1 atom stereocenters. The topological polar surface area (TPSA) is 107 Å². The molecule has 11 heteroatoms. The van der Waals surface area contributed by atoms with Crippen LogP contribution in [0.15, 0.2) is 52.1 Å². The molecule has 0 radical (unpaired) electrons. The van der Waals surface area contributed by atoms with E-state index in [1.165, 1.54) is 12.1 Å². The van der Waals surface area contributed by atoms with Crippen molar-refractivity contribution in [3.63, 3.8) is 0 Å². The number of esters is 1. The SMILES string of the molecule is C#C.CCOC(=O)C1=C2C[C@H](C)CN2C(c2nccs2)=NC1.Fc1cccc(Cl)c1.NC(=O)C1COC1. The number of halogens is 2. The van der Waals surface area contributed by atoms with Gasteiger partial charge in [-0.1, -0.05) is 24.6 Å². The number of carbonyl (C=O) groups excluding carboxylic acids is 2. The van der Waals surface area contributed by atoms with Gasteiger partial charge in [0.05, 0.1) is 37.9 Å². The molecular weight excluding hydrogens is 519 g/mol. The molecule has 198 valence electrons. The van der Waals surface area contributed by atoms with Gasteiger partial charge < -0.3 is 20.1 Å². The second kappa shape index (κ2) is 15.1. The highest BCUT2D eigenvalue weighted by Crippen LogP contribution is 2.34. The van der Waals surface area contributed by atoms with Crippen molar-refractivity contribution in [1.82, 2.24) is 9.88 Å². The molecule has 0 unspecified atom stereocenters. The van der Waals surface area contributed by atoms with Gasteiger partial charge in [-0.2, -0.15) is 0 Å². The molecule has 0 spiro atoms. The van der Waals surface area contributed by atoms with Crippen molar-refractivity contribution >= 4 is 40.6 Å². The van der Waals surface area contributed by atoms with E-state index < -0.39 is 0 Å². The Hall–Kier alpha value is -3.26. The number of benzene rings is 1. The number of nitrogens with two attached hydrogens (primary N) is 1. The van der Waals surface area contributed by atoms with E-state index in [1.807, 2.05) is 12.3 Å². The number of nitrogens with zero attached hydrogens (tertiary/aromatic N) is 3. The summed E-state index contributed by atoms with van der Waals surface area (Å²) in [5.41, 5.74) is 6.65. The van der Waals surface area contributed by atoms with Gasteiger partial charge in [0.25, 0.3) is 0 Å². The fraction of sp³-hybridized carbons (Fsp3) is 0.385. The third kappa shape index (κ3) is 8.67. The van der Waals surface area contributed by atoms with E-state index in [0.717, 1.165) is 29.5 Å². The Morgan fingerprint density at radius 1 is 1.35 bits per heavy atom. The van der Waals surface area contributed by atoms with Crippen LogP contribution in [0.3, 0.4) is 0 Å². The zero-order chi connectivity index (χ0) is 27.4. The molecule has 2 fully saturated rings. The van der Waals surface area contributed by atoms with Crippen LogP contribution in [0.1, 0.15) is 25.3 Å². The summed E-state index contributed by atoms with van der Waals surface area (Å²) in [7, 11) is 0. The van der Waals surface area contributed by atoms with Crippen molar-refractivity contribution in [2.24, 2.45) is 22.6 Å². The van der Waals surface area contributed by atoms with Gasteiger partial charge >= 0.3 is 5.97 Å². The zero-order valence-electron chi connectivity index (χ0n) is 20.7. The Morgan fingerprint density at radius 3 is 2.54 bits per heavy atom. The fourth-order valence-electron chi connectivity index (χ4n) is 3.54. The maximum Gasteiger partial charge on any atom is 0.337 e. The van der Waals surface area contributed by atoms with Crippen molar-refractivity contribution in [3.8, 4) is 12.8 Å². The first-order valence-electron chi connectivity index (χ1n) is 11.5. The summed E-state index contributed by atoms with van der Waals surface area (Å²) in [5, 5.41) is 3.30. The highest BCUT2D eigenvalue weighted by molar-refractivity contribution is 7.11. The molecule has 0 saturated carbocycles. The molecule has 3 aliphatic rings. The third-order valence-corrected chi connectivity index (χ3v) is 6.33. The van der Waals surface area contributed by atoms with Crippen LogP contribution in [0.4, 0.5) is 4.39 Å². The summed E-state index contributed by atoms with van der Waals surface area (Å²) in [5.74, 6) is 0.636. The standard InChI is InChI=1S/C14H17N3O2S.C6H4ClF.C4H7NO2.C2H2/c1-3-19-14(18)10-7-16-12(13-15-4-5-20-13)17-8-9(2)6-11(10)17;7-5-2-1-3-6(8)4-5;5-4(6)3-1-7-2-3;1-2/h4-5,9H,3,6-8H2,1-2H3;1-4H;3H,1-2H2,(H2,5,6);1-2H/t9-;;;/m0.../s1. The Balaban J connectivity index is 0.000000232. The van der Waals surface area contributed by atoms with Crippen LogP contribution in [-0.2, 0) is 19.1 Å². The monoisotopic (exact) mass is 548 g/mol. The first-order chi connectivity index (χ1) is 17.8. The number of rotatable bonds is 4. The number of primary amides is 1. The number of terminal acetylenes is 1. The van der Waals surface area contributed by atoms with E-state index in [2.05, 4.69) is 34.6 Å². The van der Waals surface area contributed by atoms with Gasteiger partial charge in [0.1, 0.15) is 5.82 Å². The zero-order valence-corrected chi connectivity index (χ0v) is 22.3. The molecular formula is C26H30ClFN4O4S. The lowest BCUT2D eigenvalue weighted by Crippen LogP contribution is -2.38. The first-order valence-corrected chi connectivity index (χ1v) is 12.8. The van der Waals surface area contributed by atoms with Crippen molar-refractivity contribution in [2.45, 2.75) is 20.3 Å². The van der Waals surface area contributed by atoms with Crippen LogP contribution < -0.4 is 5.73 Å². The Kier molecular flexibility index (Phi) is 12.2. The van der Waals surface area contributed by atoms with E-state index in [1.54, 1.807) is 29.7 Å². The van der Waals surface area contributed by atoms with E-state index in [-0.39, 0.29) is 23.6 Å². The molecule has 8 nitrogen and oxygen atoms in total. The predicted octanol–water partition coefficient (Wildman–Crippen LogP) is 3.91. The lowest BCUT2D eigenvalue weighted by molar-refractivity contribution is -0.138. The van der Waals surface area contributed by atoms with E-state index >= 15 is 0 Å². The van der Waals surface area contributed by atoms with E-state index in [0.29, 0.717) is 42.9 Å². The number of amidine groups is 1. The minimum absolute atomic E-state index is 0.000000000000000222. The average Bonchev–Trinajstić information content (AvgIpc) is 3.48. The number of aliphatic imine (C=N–C) groups is 1. The number of ether oxygens (including phenoxy) is 2. The molecule has 1 amide bonds. The van der Waals surface area contributed by atoms with Crippen molar-refractivity contribution in [3.05, 3.63) is 63.0 Å². The van der Waals surface area contributed by atoms with Gasteiger partial charge in [0, 0.05) is 28.8 Å². The maximum absolute atomic E-state index is 12.1. The minimum Gasteiger partial charge on any atom is -0.463 e. The van der Waals surface area contributed by atoms with Crippen molar-refractivity contribution in [2.75, 3.05) is 32.9 Å². The maximum atomic E-state index is 12.1. The Morgan fingerprint density at radius 2 is 2.08 bits per heavy atom. The molecule has 1 aromatic carbocycles. The fourth-order valence-corrected chi connectivity index (χ4v) is 4.36. The number of thiazole rings is 1. The van der Waals surface area contributed by atoms with Gasteiger partial charge in [-0.15, -0.1) is 24.2 Å². The molecule has 0 aliphatic carbocycles. The van der Waals surface area contributed by atoms with Crippen LogP contribution in [0, 0.1) is 30.5 Å². The number of allylic oxidation sites excluding steroid dienone is 1. The normalized spacial score (nSPS) is 17.8. The summed E-state index contributed by atoms with van der Waals surface area (Å²) >= 11 is 6.98. The molecule has 37 heavy (non-hydrogen) atoms. The molecule has 1 aromatic heterocycles. The Labute approximate surface area is 225 Å². The molecule has 3 aliphatic heterocycles. The van der Waals surface area contributed by atoms with Crippen LogP contribution in [0.2, 0.25) is 5.02 Å². The van der Waals surface area contributed by atoms with Gasteiger partial charge in [-0.3, -0.25) is 9.79 Å². The molecule has 2 N–H and O–H groups in total. The minimum atomic E-state index is -0.294. The predicted molar refractivity (Wildman–Crippen MR) is 142 cm³/mol. The number of amides is 1. The quantitative estimate of drug-likeness (QED) is 0.458. The smallest absolute Gasteiger partial charge is 0.337 e. The molecule has 2 saturated heterocycles. The van der Waals surface area contributed by atoms with Gasteiger partial charge in [0.15, 0.2) is 10.8 Å². The van der Waals surface area contributed by atoms with Crippen LogP contribution in [0.5, 0.6) is 0 Å². The van der Waals surface area contributed by atoms with Gasteiger partial charge in [-0.25, -0.2) is 14.2 Å². The van der Waals surface area contributed by atoms with E-state index in [4.69, 9.17) is 26.8 Å². The highest BCUT2D eigenvalue weighted by Gasteiger charge is 2.35. The third-order valence-electron chi connectivity index (χ3n) is 5.33. The number of fused-ring (bicyclic) bond motifs is 1. The summed E-state index contributed by atoms with van der Waals surface area (Å²) in [6.45, 7) is 6.74. The summed E-state index contributed by atoms with van der Waals surface area (Å²) in [6, 6.07) is 5.82. The number of carbonyl (C=O) groups is 2. The van der Waals surface area contributed by atoms with Gasteiger partial charge in [-0.05, 0) is 37.5 Å². The van der Waals surface area contributed by atoms with Crippen molar-refractivity contribution in [1.29, 1.82) is 0 Å². The number of hydrogen-bond donors (Lipinski definition) is 1. The highest BCUT2D eigenvalue weighted by atomic mass is 35.5. The van der Waals surface area contributed by atoms with Gasteiger partial charge in [0.2, 0.25) is 5.91 Å². The first kappa shape index (κ1) is 30.0. The lowest BCUT2D eigenvalue weighted by Gasteiger charge is -2.26. The number of hydrogen-bond acceptors (Lipinski definition) is 8. The molecule has 4 heterocycles. The largest absolute Gasteiger partial charge is 0.463 e. The molecule has 2 aromatic rings. The molecule has 5 rings (SSSR count). The summed E-state index contributed by atoms with van der Waals surface area (Å²) in [6.07, 6.45) is 10.7. The van der Waals surface area contributed by atoms with Crippen LogP contribution in [-0.4, -0.2) is 60.5 Å². The lowest BCUT2D eigenvalue weighted by atomic mass is 10.1. The summed E-state index contributed by atoms with van der Waals surface area (Å²) in [4.78, 5) is 33.2.